The number of carbonyl (C=O) groups excluding carboxylic acids is 2. The first kappa shape index (κ1) is 13.3. The van der Waals surface area contributed by atoms with Gasteiger partial charge in [0.05, 0.1) is 18.4 Å². The lowest BCUT2D eigenvalue weighted by Crippen LogP contribution is -2.25. The predicted octanol–water partition coefficient (Wildman–Crippen LogP) is 1.42. The molecule has 2 rings (SSSR count). The Morgan fingerprint density at radius 2 is 2.32 bits per heavy atom. The van der Waals surface area contributed by atoms with E-state index in [2.05, 4.69) is 15.0 Å². The Balaban J connectivity index is 1.93. The van der Waals surface area contributed by atoms with Gasteiger partial charge in [-0.2, -0.15) is 0 Å². The minimum absolute atomic E-state index is 0.162. The van der Waals surface area contributed by atoms with Gasteiger partial charge >= 0.3 is 5.97 Å². The third-order valence-corrected chi connectivity index (χ3v) is 2.88. The fraction of sp³-hybridized carbons (Fsp3) is 0.357. The molecule has 5 heteroatoms. The summed E-state index contributed by atoms with van der Waals surface area (Å²) in [6, 6.07) is 3.53. The molecule has 19 heavy (non-hydrogen) atoms. The summed E-state index contributed by atoms with van der Waals surface area (Å²) >= 11 is 0. The Morgan fingerprint density at radius 1 is 1.53 bits per heavy atom. The molecule has 1 aromatic heterocycles. The van der Waals surface area contributed by atoms with Crippen molar-refractivity contribution in [3.63, 3.8) is 0 Å². The average molecular weight is 260 g/mol. The molecule has 0 unspecified atom stereocenters. The van der Waals surface area contributed by atoms with E-state index in [-0.39, 0.29) is 12.5 Å². The molecule has 0 aromatic carbocycles. The van der Waals surface area contributed by atoms with Crippen molar-refractivity contribution in [3.8, 4) is 0 Å². The fourth-order valence-corrected chi connectivity index (χ4v) is 1.76. The number of amides is 1. The van der Waals surface area contributed by atoms with Crippen LogP contribution < -0.4 is 5.32 Å². The zero-order chi connectivity index (χ0) is 13.7. The fourth-order valence-electron chi connectivity index (χ4n) is 1.76. The van der Waals surface area contributed by atoms with Crippen molar-refractivity contribution >= 4 is 11.9 Å². The highest BCUT2D eigenvalue weighted by atomic mass is 16.5. The summed E-state index contributed by atoms with van der Waals surface area (Å²) in [5, 5.41) is 2.73. The van der Waals surface area contributed by atoms with Crippen LogP contribution in [-0.2, 0) is 9.53 Å². The molecule has 5 nitrogen and oxygen atoms in total. The van der Waals surface area contributed by atoms with E-state index in [1.54, 1.807) is 24.4 Å². The van der Waals surface area contributed by atoms with Crippen molar-refractivity contribution in [2.24, 2.45) is 0 Å². The second-order valence-electron chi connectivity index (χ2n) is 4.35. The van der Waals surface area contributed by atoms with Crippen LogP contribution in [0.3, 0.4) is 0 Å². The largest absolute Gasteiger partial charge is 0.466 e. The number of aromatic nitrogens is 1. The van der Waals surface area contributed by atoms with Crippen molar-refractivity contribution in [1.29, 1.82) is 0 Å². The molecule has 0 bridgehead atoms. The van der Waals surface area contributed by atoms with E-state index in [1.165, 1.54) is 13.2 Å². The third kappa shape index (κ3) is 3.64. The standard InChI is InChI=1S/C14H16N2O3/c1-19-12(17)5-3-9-16-14(18)11-4-2-8-15-13(11)10-6-7-10/h2-5,8,10H,6-7,9H2,1H3,(H,16,18)/b5-3+. The number of rotatable bonds is 5. The molecular weight excluding hydrogens is 244 g/mol. The molecule has 0 spiro atoms. The van der Waals surface area contributed by atoms with Gasteiger partial charge < -0.3 is 10.1 Å². The molecule has 1 N–H and O–H groups in total. The van der Waals surface area contributed by atoms with Crippen LogP contribution in [-0.4, -0.2) is 30.5 Å². The number of pyridine rings is 1. The molecule has 100 valence electrons. The summed E-state index contributed by atoms with van der Waals surface area (Å²) < 4.78 is 4.45. The minimum Gasteiger partial charge on any atom is -0.466 e. The second kappa shape index (κ2) is 6.13. The van der Waals surface area contributed by atoms with Crippen molar-refractivity contribution in [2.45, 2.75) is 18.8 Å². The third-order valence-electron chi connectivity index (χ3n) is 2.88. The Labute approximate surface area is 111 Å². The van der Waals surface area contributed by atoms with Gasteiger partial charge in [-0.1, -0.05) is 6.08 Å². The van der Waals surface area contributed by atoms with Crippen LogP contribution in [0.4, 0.5) is 0 Å². The highest BCUT2D eigenvalue weighted by Crippen LogP contribution is 2.40. The summed E-state index contributed by atoms with van der Waals surface area (Å²) in [7, 11) is 1.31. The number of nitrogens with one attached hydrogen (secondary N) is 1. The van der Waals surface area contributed by atoms with E-state index in [4.69, 9.17) is 0 Å². The van der Waals surface area contributed by atoms with Crippen molar-refractivity contribution in [1.82, 2.24) is 10.3 Å². The van der Waals surface area contributed by atoms with E-state index in [0.29, 0.717) is 11.5 Å². The van der Waals surface area contributed by atoms with Crippen molar-refractivity contribution in [2.75, 3.05) is 13.7 Å². The SMILES string of the molecule is COC(=O)/C=C/CNC(=O)c1cccnc1C1CC1. The Hall–Kier alpha value is -2.17. The normalized spacial score (nSPS) is 14.4. The molecule has 1 aliphatic carbocycles. The van der Waals surface area contributed by atoms with Gasteiger partial charge in [0.25, 0.3) is 5.91 Å². The number of nitrogens with zero attached hydrogens (tertiary/aromatic N) is 1. The molecule has 1 amide bonds. The molecule has 1 aromatic rings. The van der Waals surface area contributed by atoms with E-state index in [0.717, 1.165) is 18.5 Å². The second-order valence-corrected chi connectivity index (χ2v) is 4.35. The van der Waals surface area contributed by atoms with E-state index in [1.807, 2.05) is 0 Å². The minimum atomic E-state index is -0.436. The lowest BCUT2D eigenvalue weighted by molar-refractivity contribution is -0.134. The lowest BCUT2D eigenvalue weighted by Gasteiger charge is -2.06. The highest BCUT2D eigenvalue weighted by Gasteiger charge is 2.28. The van der Waals surface area contributed by atoms with Gasteiger partial charge in [-0.3, -0.25) is 9.78 Å². The van der Waals surface area contributed by atoms with Gasteiger partial charge in [0.1, 0.15) is 0 Å². The van der Waals surface area contributed by atoms with Crippen molar-refractivity contribution < 1.29 is 14.3 Å². The molecule has 1 heterocycles. The number of esters is 1. The maximum Gasteiger partial charge on any atom is 0.330 e. The molecule has 0 atom stereocenters. The Morgan fingerprint density at radius 3 is 3.00 bits per heavy atom. The van der Waals surface area contributed by atoms with E-state index < -0.39 is 5.97 Å². The van der Waals surface area contributed by atoms with Crippen molar-refractivity contribution in [3.05, 3.63) is 41.7 Å². The average Bonchev–Trinajstić information content (AvgIpc) is 3.27. The molecule has 0 saturated heterocycles. The quantitative estimate of drug-likeness (QED) is 0.642. The van der Waals surface area contributed by atoms with Gasteiger partial charge in [-0.25, -0.2) is 4.79 Å². The maximum atomic E-state index is 12.0. The Kier molecular flexibility index (Phi) is 4.28. The predicted molar refractivity (Wildman–Crippen MR) is 69.7 cm³/mol. The van der Waals surface area contributed by atoms with Crippen LogP contribution in [0, 0.1) is 0 Å². The number of hydrogen-bond donors (Lipinski definition) is 1. The zero-order valence-electron chi connectivity index (χ0n) is 10.8. The summed E-state index contributed by atoms with van der Waals surface area (Å²) in [6.45, 7) is 0.285. The lowest BCUT2D eigenvalue weighted by atomic mass is 10.1. The van der Waals surface area contributed by atoms with E-state index in [9.17, 15) is 9.59 Å². The molecule has 1 saturated carbocycles. The van der Waals surface area contributed by atoms with Crippen LogP contribution >= 0.6 is 0 Å². The van der Waals surface area contributed by atoms with Crippen LogP contribution in [0.25, 0.3) is 0 Å². The number of ether oxygens (including phenoxy) is 1. The smallest absolute Gasteiger partial charge is 0.330 e. The zero-order valence-corrected chi connectivity index (χ0v) is 10.8. The molecule has 0 radical (unpaired) electrons. The topological polar surface area (TPSA) is 68.3 Å². The first-order chi connectivity index (χ1) is 9.22. The molecule has 1 aliphatic rings. The number of methoxy groups -OCH3 is 1. The maximum absolute atomic E-state index is 12.0. The summed E-state index contributed by atoms with van der Waals surface area (Å²) in [6.07, 6.45) is 6.74. The van der Waals surface area contributed by atoms with Gasteiger partial charge in [0.2, 0.25) is 0 Å². The van der Waals surface area contributed by atoms with Crippen LogP contribution in [0.1, 0.15) is 34.8 Å². The van der Waals surface area contributed by atoms with Crippen LogP contribution in [0.15, 0.2) is 30.5 Å². The first-order valence-corrected chi connectivity index (χ1v) is 6.20. The van der Waals surface area contributed by atoms with Gasteiger partial charge in [0.15, 0.2) is 0 Å². The molecule has 1 fully saturated rings. The summed E-state index contributed by atoms with van der Waals surface area (Å²) in [5.41, 5.74) is 1.49. The van der Waals surface area contributed by atoms with E-state index >= 15 is 0 Å². The highest BCUT2D eigenvalue weighted by molar-refractivity contribution is 5.95. The molecular formula is C14H16N2O3. The number of hydrogen-bond acceptors (Lipinski definition) is 4. The monoisotopic (exact) mass is 260 g/mol. The van der Waals surface area contributed by atoms with Gasteiger partial charge in [0, 0.05) is 24.7 Å². The summed E-state index contributed by atoms with van der Waals surface area (Å²) in [5.74, 6) is -0.175. The van der Waals surface area contributed by atoms with Gasteiger partial charge in [-0.15, -0.1) is 0 Å². The first-order valence-electron chi connectivity index (χ1n) is 6.20. The summed E-state index contributed by atoms with van der Waals surface area (Å²) in [4.78, 5) is 27.1. The molecule has 0 aliphatic heterocycles. The number of carbonyl (C=O) groups is 2. The van der Waals surface area contributed by atoms with Crippen LogP contribution in [0.2, 0.25) is 0 Å². The van der Waals surface area contributed by atoms with Gasteiger partial charge in [-0.05, 0) is 25.0 Å². The van der Waals surface area contributed by atoms with Crippen LogP contribution in [0.5, 0.6) is 0 Å². The Bertz CT molecular complexity index is 507.